The average Bonchev–Trinajstić information content (AvgIpc) is 2.44. The van der Waals surface area contributed by atoms with Crippen LogP contribution in [-0.2, 0) is 11.3 Å². The van der Waals surface area contributed by atoms with E-state index in [0.717, 1.165) is 16.3 Å². The summed E-state index contributed by atoms with van der Waals surface area (Å²) >= 11 is 0. The third-order valence-corrected chi connectivity index (χ3v) is 2.93. The monoisotopic (exact) mass is 287 g/mol. The Labute approximate surface area is 122 Å². The molecule has 0 atom stereocenters. The molecule has 0 aliphatic carbocycles. The maximum Gasteiger partial charge on any atom is 0.329 e. The van der Waals surface area contributed by atoms with Gasteiger partial charge in [0.15, 0.2) is 0 Å². The highest BCUT2D eigenvalue weighted by Gasteiger charge is 2.07. The maximum absolute atomic E-state index is 11.6. The minimum absolute atomic E-state index is 0.261. The highest BCUT2D eigenvalue weighted by molar-refractivity contribution is 5.83. The van der Waals surface area contributed by atoms with Crippen LogP contribution in [0.15, 0.2) is 42.5 Å². The summed E-state index contributed by atoms with van der Waals surface area (Å²) in [4.78, 5) is 22.1. The molecule has 0 saturated heterocycles. The quantitative estimate of drug-likeness (QED) is 0.729. The maximum atomic E-state index is 11.6. The topological polar surface area (TPSA) is 81.7 Å². The van der Waals surface area contributed by atoms with E-state index in [-0.39, 0.29) is 6.54 Å². The van der Waals surface area contributed by atoms with Crippen LogP contribution in [0.4, 0.5) is 4.79 Å². The van der Waals surface area contributed by atoms with E-state index in [1.54, 1.807) is 0 Å². The average molecular weight is 287 g/mol. The van der Waals surface area contributed by atoms with Crippen molar-refractivity contribution in [1.29, 1.82) is 0 Å². The standard InChI is InChI=1S/C15H17N3O3/c1-18(10-14(19)20)17-15(21)16-9-11-6-7-12-4-2-3-5-13(12)8-11/h2-8H,9-10H2,1H3,(H,19,20)(H2,16,17,21). The zero-order chi connectivity index (χ0) is 15.2. The van der Waals surface area contributed by atoms with E-state index in [1.807, 2.05) is 42.5 Å². The molecule has 2 aromatic carbocycles. The van der Waals surface area contributed by atoms with Gasteiger partial charge in [0.2, 0.25) is 0 Å². The molecule has 0 aliphatic heterocycles. The molecule has 0 radical (unpaired) electrons. The third-order valence-electron chi connectivity index (χ3n) is 2.93. The Balaban J connectivity index is 1.89. The molecular formula is C15H17N3O3. The molecule has 0 aliphatic rings. The van der Waals surface area contributed by atoms with Gasteiger partial charge in [-0.1, -0.05) is 36.4 Å². The minimum Gasteiger partial charge on any atom is -0.480 e. The number of hydrazine groups is 1. The molecule has 0 saturated carbocycles. The number of amides is 2. The number of nitrogens with one attached hydrogen (secondary N) is 2. The van der Waals surface area contributed by atoms with Crippen LogP contribution in [0.5, 0.6) is 0 Å². The summed E-state index contributed by atoms with van der Waals surface area (Å²) in [5.74, 6) is -1.01. The number of carbonyl (C=O) groups is 2. The Morgan fingerprint density at radius 1 is 1.14 bits per heavy atom. The minimum atomic E-state index is -1.01. The Hall–Kier alpha value is -2.60. The first-order chi connectivity index (χ1) is 10.0. The van der Waals surface area contributed by atoms with E-state index in [1.165, 1.54) is 12.1 Å². The predicted octanol–water partition coefficient (Wildman–Crippen LogP) is 1.57. The zero-order valence-electron chi connectivity index (χ0n) is 11.7. The summed E-state index contributed by atoms with van der Waals surface area (Å²) < 4.78 is 0. The first-order valence-corrected chi connectivity index (χ1v) is 6.49. The molecule has 6 heteroatoms. The zero-order valence-corrected chi connectivity index (χ0v) is 11.7. The molecule has 110 valence electrons. The Morgan fingerprint density at radius 3 is 2.57 bits per heavy atom. The van der Waals surface area contributed by atoms with Crippen LogP contribution in [0.3, 0.4) is 0 Å². The third kappa shape index (κ3) is 4.47. The van der Waals surface area contributed by atoms with Crippen molar-refractivity contribution in [3.05, 3.63) is 48.0 Å². The number of likely N-dealkylation sites (N-methyl/N-ethyl adjacent to an activating group) is 1. The van der Waals surface area contributed by atoms with E-state index in [0.29, 0.717) is 6.54 Å². The summed E-state index contributed by atoms with van der Waals surface area (Å²) in [6.07, 6.45) is 0. The Morgan fingerprint density at radius 2 is 1.86 bits per heavy atom. The fourth-order valence-electron chi connectivity index (χ4n) is 1.99. The SMILES string of the molecule is CN(CC(=O)O)NC(=O)NCc1ccc2ccccc2c1. The fourth-order valence-corrected chi connectivity index (χ4v) is 1.99. The number of carboxylic acids is 1. The van der Waals surface area contributed by atoms with E-state index >= 15 is 0 Å². The highest BCUT2D eigenvalue weighted by atomic mass is 16.4. The van der Waals surface area contributed by atoms with Crippen LogP contribution < -0.4 is 10.7 Å². The summed E-state index contributed by atoms with van der Waals surface area (Å²) in [7, 11) is 1.49. The van der Waals surface area contributed by atoms with E-state index in [4.69, 9.17) is 5.11 Å². The molecule has 2 amide bonds. The second-order valence-corrected chi connectivity index (χ2v) is 4.73. The number of nitrogens with zero attached hydrogens (tertiary/aromatic N) is 1. The molecule has 0 aromatic heterocycles. The van der Waals surface area contributed by atoms with Gasteiger partial charge in [-0.05, 0) is 22.4 Å². The van der Waals surface area contributed by atoms with E-state index in [2.05, 4.69) is 10.7 Å². The molecule has 0 spiro atoms. The van der Waals surface area contributed by atoms with Crippen molar-refractivity contribution < 1.29 is 14.7 Å². The first kappa shape index (κ1) is 14.8. The summed E-state index contributed by atoms with van der Waals surface area (Å²) in [5.41, 5.74) is 3.40. The van der Waals surface area contributed by atoms with Crippen LogP contribution in [0.2, 0.25) is 0 Å². The number of carbonyl (C=O) groups excluding carboxylic acids is 1. The Kier molecular flexibility index (Phi) is 4.73. The number of carboxylic acid groups (broad SMARTS) is 1. The number of hydrogen-bond acceptors (Lipinski definition) is 3. The summed E-state index contributed by atoms with van der Waals surface area (Å²) in [5, 5.41) is 14.7. The molecule has 6 nitrogen and oxygen atoms in total. The summed E-state index contributed by atoms with van der Waals surface area (Å²) in [6.45, 7) is 0.112. The molecule has 2 aromatic rings. The smallest absolute Gasteiger partial charge is 0.329 e. The summed E-state index contributed by atoms with van der Waals surface area (Å²) in [6, 6.07) is 13.5. The predicted molar refractivity (Wildman–Crippen MR) is 79.6 cm³/mol. The largest absolute Gasteiger partial charge is 0.480 e. The van der Waals surface area contributed by atoms with Gasteiger partial charge >= 0.3 is 12.0 Å². The van der Waals surface area contributed by atoms with E-state index < -0.39 is 12.0 Å². The van der Waals surface area contributed by atoms with Crippen LogP contribution >= 0.6 is 0 Å². The van der Waals surface area contributed by atoms with Gasteiger partial charge in [0, 0.05) is 13.6 Å². The number of rotatable bonds is 5. The lowest BCUT2D eigenvalue weighted by Crippen LogP contribution is -2.46. The number of hydrogen-bond donors (Lipinski definition) is 3. The van der Waals surface area contributed by atoms with Crippen molar-refractivity contribution >= 4 is 22.8 Å². The van der Waals surface area contributed by atoms with Crippen molar-refractivity contribution in [1.82, 2.24) is 15.8 Å². The lowest BCUT2D eigenvalue weighted by molar-refractivity contribution is -0.138. The number of benzene rings is 2. The van der Waals surface area contributed by atoms with Crippen LogP contribution in [0.1, 0.15) is 5.56 Å². The van der Waals surface area contributed by atoms with Gasteiger partial charge < -0.3 is 10.4 Å². The number of urea groups is 1. The number of aliphatic carboxylic acids is 1. The van der Waals surface area contributed by atoms with Crippen molar-refractivity contribution in [3.8, 4) is 0 Å². The van der Waals surface area contributed by atoms with Crippen molar-refractivity contribution in [2.24, 2.45) is 0 Å². The van der Waals surface area contributed by atoms with Gasteiger partial charge in [0.05, 0.1) is 0 Å². The molecule has 3 N–H and O–H groups in total. The van der Waals surface area contributed by atoms with Crippen molar-refractivity contribution in [2.45, 2.75) is 6.54 Å². The van der Waals surface area contributed by atoms with E-state index in [9.17, 15) is 9.59 Å². The lowest BCUT2D eigenvalue weighted by atomic mass is 10.1. The lowest BCUT2D eigenvalue weighted by Gasteiger charge is -2.16. The highest BCUT2D eigenvalue weighted by Crippen LogP contribution is 2.15. The van der Waals surface area contributed by atoms with Gasteiger partial charge in [-0.2, -0.15) is 0 Å². The molecule has 0 fully saturated rings. The van der Waals surface area contributed by atoms with Gasteiger partial charge in [0.1, 0.15) is 6.54 Å². The second kappa shape index (κ2) is 6.71. The molecule has 0 unspecified atom stereocenters. The van der Waals surface area contributed by atoms with Crippen LogP contribution in [0, 0.1) is 0 Å². The normalized spacial score (nSPS) is 10.6. The van der Waals surface area contributed by atoms with Crippen molar-refractivity contribution in [2.75, 3.05) is 13.6 Å². The first-order valence-electron chi connectivity index (χ1n) is 6.49. The molecule has 0 bridgehead atoms. The van der Waals surface area contributed by atoms with Crippen molar-refractivity contribution in [3.63, 3.8) is 0 Å². The molecular weight excluding hydrogens is 270 g/mol. The molecule has 21 heavy (non-hydrogen) atoms. The fraction of sp³-hybridized carbons (Fsp3) is 0.200. The Bertz CT molecular complexity index is 657. The molecule has 2 rings (SSSR count). The van der Waals surface area contributed by atoms with Crippen LogP contribution in [0.25, 0.3) is 10.8 Å². The van der Waals surface area contributed by atoms with Gasteiger partial charge in [0.25, 0.3) is 0 Å². The van der Waals surface area contributed by atoms with Gasteiger partial charge in [-0.25, -0.2) is 9.80 Å². The number of fused-ring (bicyclic) bond motifs is 1. The van der Waals surface area contributed by atoms with Crippen LogP contribution in [-0.4, -0.2) is 35.7 Å². The van der Waals surface area contributed by atoms with Gasteiger partial charge in [-0.3, -0.25) is 10.2 Å². The molecule has 0 heterocycles. The second-order valence-electron chi connectivity index (χ2n) is 4.73. The van der Waals surface area contributed by atoms with Gasteiger partial charge in [-0.15, -0.1) is 0 Å².